The van der Waals surface area contributed by atoms with E-state index in [1.54, 1.807) is 0 Å². The lowest BCUT2D eigenvalue weighted by molar-refractivity contribution is -0.107. The Balaban J connectivity index is 3.13. The van der Waals surface area contributed by atoms with Crippen molar-refractivity contribution in [2.45, 2.75) is 64.7 Å². The molecule has 0 aliphatic heterocycles. The van der Waals surface area contributed by atoms with Gasteiger partial charge in [0.15, 0.2) is 0 Å². The molecule has 0 rings (SSSR count). The lowest BCUT2D eigenvalue weighted by Crippen LogP contribution is -1.74. The molecule has 0 radical (unpaired) electrons. The first kappa shape index (κ1) is 15.2. The van der Waals surface area contributed by atoms with Gasteiger partial charge in [0.2, 0.25) is 0 Å². The van der Waals surface area contributed by atoms with Gasteiger partial charge < -0.3 is 4.79 Å². The number of hydrogen-bond acceptors (Lipinski definition) is 1. The molecule has 0 spiro atoms. The lowest BCUT2D eigenvalue weighted by Gasteiger charge is -1.92. The molecule has 16 heavy (non-hydrogen) atoms. The van der Waals surface area contributed by atoms with Crippen LogP contribution in [0.2, 0.25) is 0 Å². The van der Waals surface area contributed by atoms with Crippen LogP contribution in [0.5, 0.6) is 0 Å². The molecule has 92 valence electrons. The third-order valence-corrected chi connectivity index (χ3v) is 2.49. The summed E-state index contributed by atoms with van der Waals surface area (Å²) < 4.78 is 0. The van der Waals surface area contributed by atoms with Crippen LogP contribution in [0.25, 0.3) is 0 Å². The Morgan fingerprint density at radius 3 is 1.56 bits per heavy atom. The maximum atomic E-state index is 10.1. The normalized spacial score (nSPS) is 11.6. The average Bonchev–Trinajstić information content (AvgIpc) is 2.31. The molecule has 0 fully saturated rings. The highest BCUT2D eigenvalue weighted by Crippen LogP contribution is 2.02. The summed E-state index contributed by atoms with van der Waals surface area (Å²) in [7, 11) is 0. The molecule has 0 heterocycles. The number of allylic oxidation sites excluding steroid dienone is 4. The summed E-state index contributed by atoms with van der Waals surface area (Å²) in [5.74, 6) is 0. The molecule has 1 nitrogen and oxygen atoms in total. The molecule has 0 saturated carbocycles. The number of hydrogen-bond donors (Lipinski definition) is 0. The molecule has 0 aliphatic carbocycles. The third-order valence-electron chi connectivity index (χ3n) is 2.49. The summed E-state index contributed by atoms with van der Waals surface area (Å²) in [5.41, 5.74) is 0. The lowest BCUT2D eigenvalue weighted by atomic mass is 10.1. The van der Waals surface area contributed by atoms with E-state index in [9.17, 15) is 4.79 Å². The molecular formula is C15H26O. The Morgan fingerprint density at radius 2 is 1.12 bits per heavy atom. The van der Waals surface area contributed by atoms with Crippen LogP contribution >= 0.6 is 0 Å². The van der Waals surface area contributed by atoms with Crippen molar-refractivity contribution in [3.8, 4) is 0 Å². The van der Waals surface area contributed by atoms with Crippen molar-refractivity contribution in [1.29, 1.82) is 0 Å². The highest BCUT2D eigenvalue weighted by Gasteiger charge is 1.83. The second kappa shape index (κ2) is 14.2. The van der Waals surface area contributed by atoms with Crippen LogP contribution in [0.15, 0.2) is 24.3 Å². The van der Waals surface area contributed by atoms with Crippen LogP contribution in [-0.2, 0) is 4.79 Å². The Labute approximate surface area is 101 Å². The van der Waals surface area contributed by atoms with Crippen molar-refractivity contribution in [3.63, 3.8) is 0 Å². The Kier molecular flexibility index (Phi) is 13.4. The van der Waals surface area contributed by atoms with E-state index in [2.05, 4.69) is 31.2 Å². The second-order valence-corrected chi connectivity index (χ2v) is 4.11. The van der Waals surface area contributed by atoms with Gasteiger partial charge in [-0.3, -0.25) is 0 Å². The van der Waals surface area contributed by atoms with Crippen molar-refractivity contribution >= 4 is 6.29 Å². The molecule has 1 heteroatoms. The number of aldehydes is 1. The Bertz CT molecular complexity index is 192. The van der Waals surface area contributed by atoms with Crippen LogP contribution < -0.4 is 0 Å². The van der Waals surface area contributed by atoms with Crippen LogP contribution in [0.4, 0.5) is 0 Å². The molecule has 0 aromatic heterocycles. The van der Waals surface area contributed by atoms with Gasteiger partial charge in [0.1, 0.15) is 6.29 Å². The molecule has 0 N–H and O–H groups in total. The van der Waals surface area contributed by atoms with Crippen molar-refractivity contribution in [3.05, 3.63) is 24.3 Å². The number of unbranched alkanes of at least 4 members (excludes halogenated alkanes) is 6. The van der Waals surface area contributed by atoms with Crippen molar-refractivity contribution in [2.24, 2.45) is 0 Å². The van der Waals surface area contributed by atoms with Gasteiger partial charge in [-0.25, -0.2) is 0 Å². The van der Waals surface area contributed by atoms with Crippen LogP contribution in [0.1, 0.15) is 64.7 Å². The van der Waals surface area contributed by atoms with Crippen LogP contribution in [0, 0.1) is 0 Å². The predicted octanol–water partition coefficient (Wildman–Crippen LogP) is 4.83. The van der Waals surface area contributed by atoms with Gasteiger partial charge >= 0.3 is 0 Å². The van der Waals surface area contributed by atoms with E-state index >= 15 is 0 Å². The van der Waals surface area contributed by atoms with Crippen molar-refractivity contribution in [2.75, 3.05) is 0 Å². The summed E-state index contributed by atoms with van der Waals surface area (Å²) in [6, 6.07) is 0. The minimum atomic E-state index is 0.699. The van der Waals surface area contributed by atoms with E-state index in [1.807, 2.05) is 0 Å². The SMILES string of the molecule is CCCC/C=C\CCC/C=C/CCCC=O. The molecule has 0 saturated heterocycles. The van der Waals surface area contributed by atoms with E-state index in [0.29, 0.717) is 6.42 Å². The summed E-state index contributed by atoms with van der Waals surface area (Å²) >= 11 is 0. The maximum Gasteiger partial charge on any atom is 0.120 e. The zero-order valence-electron chi connectivity index (χ0n) is 10.7. The number of carbonyl (C=O) groups excluding carboxylic acids is 1. The molecule has 0 aromatic carbocycles. The van der Waals surface area contributed by atoms with E-state index in [1.165, 1.54) is 38.5 Å². The topological polar surface area (TPSA) is 17.1 Å². The monoisotopic (exact) mass is 222 g/mol. The first-order valence-corrected chi connectivity index (χ1v) is 6.65. The molecule has 0 aliphatic rings. The largest absolute Gasteiger partial charge is 0.303 e. The third kappa shape index (κ3) is 13.2. The molecule has 0 bridgehead atoms. The van der Waals surface area contributed by atoms with Crippen LogP contribution in [0.3, 0.4) is 0 Å². The molecule has 0 aromatic rings. The number of carbonyl (C=O) groups is 1. The average molecular weight is 222 g/mol. The van der Waals surface area contributed by atoms with Gasteiger partial charge in [0.25, 0.3) is 0 Å². The van der Waals surface area contributed by atoms with Gasteiger partial charge in [0, 0.05) is 6.42 Å². The second-order valence-electron chi connectivity index (χ2n) is 4.11. The minimum Gasteiger partial charge on any atom is -0.303 e. The standard InChI is InChI=1S/C15H26O/c1-2-3-4-5-6-7-8-9-10-11-12-13-14-15-16/h5-6,10-11,15H,2-4,7-9,12-14H2,1H3/b6-5-,11-10+. The summed E-state index contributed by atoms with van der Waals surface area (Å²) in [6.45, 7) is 2.23. The van der Waals surface area contributed by atoms with Gasteiger partial charge in [-0.05, 0) is 38.5 Å². The van der Waals surface area contributed by atoms with E-state index < -0.39 is 0 Å². The van der Waals surface area contributed by atoms with Gasteiger partial charge in [-0.2, -0.15) is 0 Å². The van der Waals surface area contributed by atoms with Gasteiger partial charge in [-0.15, -0.1) is 0 Å². The summed E-state index contributed by atoms with van der Waals surface area (Å²) in [4.78, 5) is 10.1. The Hall–Kier alpha value is -0.850. The first-order valence-electron chi connectivity index (χ1n) is 6.65. The predicted molar refractivity (Wildman–Crippen MR) is 71.6 cm³/mol. The molecule has 0 unspecified atom stereocenters. The fraction of sp³-hybridized carbons (Fsp3) is 0.667. The zero-order valence-corrected chi connectivity index (χ0v) is 10.7. The molecule has 0 atom stereocenters. The fourth-order valence-electron chi connectivity index (χ4n) is 1.47. The molecule has 0 amide bonds. The number of rotatable bonds is 11. The summed E-state index contributed by atoms with van der Waals surface area (Å²) in [6.07, 6.45) is 20.2. The highest BCUT2D eigenvalue weighted by atomic mass is 16.1. The molecular weight excluding hydrogens is 196 g/mol. The fourth-order valence-corrected chi connectivity index (χ4v) is 1.47. The zero-order chi connectivity index (χ0) is 11.9. The Morgan fingerprint density at radius 1 is 0.688 bits per heavy atom. The van der Waals surface area contributed by atoms with Crippen LogP contribution in [-0.4, -0.2) is 6.29 Å². The van der Waals surface area contributed by atoms with Crippen molar-refractivity contribution < 1.29 is 4.79 Å². The first-order chi connectivity index (χ1) is 7.91. The van der Waals surface area contributed by atoms with Gasteiger partial charge in [-0.1, -0.05) is 44.1 Å². The summed E-state index contributed by atoms with van der Waals surface area (Å²) in [5, 5.41) is 0. The van der Waals surface area contributed by atoms with E-state index in [-0.39, 0.29) is 0 Å². The van der Waals surface area contributed by atoms with E-state index in [0.717, 1.165) is 19.1 Å². The highest BCUT2D eigenvalue weighted by molar-refractivity contribution is 5.48. The smallest absolute Gasteiger partial charge is 0.120 e. The minimum absolute atomic E-state index is 0.699. The van der Waals surface area contributed by atoms with E-state index in [4.69, 9.17) is 0 Å². The van der Waals surface area contributed by atoms with Gasteiger partial charge in [0.05, 0.1) is 0 Å². The van der Waals surface area contributed by atoms with Crippen molar-refractivity contribution in [1.82, 2.24) is 0 Å². The quantitative estimate of drug-likeness (QED) is 0.278. The maximum absolute atomic E-state index is 10.1.